The molecule has 3 heterocycles. The Labute approximate surface area is 182 Å². The molecule has 0 aliphatic carbocycles. The molecule has 0 spiro atoms. The monoisotopic (exact) mass is 440 g/mol. The van der Waals surface area contributed by atoms with E-state index in [1.807, 2.05) is 24.3 Å². The summed E-state index contributed by atoms with van der Waals surface area (Å²) in [6.45, 7) is 0.119. The van der Waals surface area contributed by atoms with E-state index < -0.39 is 0 Å². The number of rotatable bonds is 4. The molecule has 0 radical (unpaired) electrons. The fourth-order valence-electron chi connectivity index (χ4n) is 4.04. The lowest BCUT2D eigenvalue weighted by Gasteiger charge is -2.32. The first kappa shape index (κ1) is 19.5. The maximum atomic E-state index is 13.3. The number of carbonyl (C=O) groups is 1. The molecule has 0 bridgehead atoms. The molecular formula is C22H20N2O6S. The van der Waals surface area contributed by atoms with Gasteiger partial charge < -0.3 is 18.9 Å². The van der Waals surface area contributed by atoms with Gasteiger partial charge in [-0.2, -0.15) is 0 Å². The molecule has 0 saturated heterocycles. The maximum absolute atomic E-state index is 13.3. The van der Waals surface area contributed by atoms with Crippen molar-refractivity contribution in [3.8, 4) is 23.0 Å². The number of fused-ring (bicyclic) bond motifs is 2. The Kier molecular flexibility index (Phi) is 4.62. The number of carbonyl (C=O) groups excluding carboxylic acids is 1. The second-order valence-electron chi connectivity index (χ2n) is 7.26. The zero-order valence-corrected chi connectivity index (χ0v) is 18.0. The minimum atomic E-state index is -0.292. The second kappa shape index (κ2) is 7.35. The van der Waals surface area contributed by atoms with E-state index in [-0.39, 0.29) is 29.9 Å². The first-order chi connectivity index (χ1) is 15.0. The zero-order chi connectivity index (χ0) is 21.7. The van der Waals surface area contributed by atoms with E-state index >= 15 is 0 Å². The van der Waals surface area contributed by atoms with Crippen LogP contribution in [0.5, 0.6) is 23.0 Å². The van der Waals surface area contributed by atoms with Crippen LogP contribution in [-0.4, -0.2) is 31.5 Å². The van der Waals surface area contributed by atoms with Crippen LogP contribution < -0.4 is 28.7 Å². The number of methoxy groups -OCH3 is 2. The van der Waals surface area contributed by atoms with Crippen LogP contribution in [0, 0.1) is 0 Å². The summed E-state index contributed by atoms with van der Waals surface area (Å²) in [5, 5.41) is 0. The minimum Gasteiger partial charge on any atom is -0.497 e. The molecule has 2 aliphatic rings. The molecule has 1 atom stereocenters. The summed E-state index contributed by atoms with van der Waals surface area (Å²) in [6, 6.07) is 10.9. The molecule has 160 valence electrons. The standard InChI is InChI=1S/C22H20N2O6S/c1-23-21-20(31-22(23)26)15(12-8-16(28-3)19-17(9-12)29-11-30-19)10-18(25)24(21)13-4-6-14(27-2)7-5-13/h4-9,15H,10-11H2,1-3H3/t15-/m1/s1. The number of nitrogens with zero attached hydrogens (tertiary/aromatic N) is 2. The fraction of sp³-hybridized carbons (Fsp3) is 0.273. The van der Waals surface area contributed by atoms with Crippen molar-refractivity contribution in [3.63, 3.8) is 0 Å². The van der Waals surface area contributed by atoms with Gasteiger partial charge in [0.25, 0.3) is 0 Å². The van der Waals surface area contributed by atoms with Gasteiger partial charge in [0.2, 0.25) is 18.4 Å². The summed E-state index contributed by atoms with van der Waals surface area (Å²) in [5.74, 6) is 2.54. The van der Waals surface area contributed by atoms with Crippen LogP contribution in [-0.2, 0) is 11.8 Å². The average Bonchev–Trinajstić information content (AvgIpc) is 3.38. The van der Waals surface area contributed by atoms with E-state index in [2.05, 4.69) is 0 Å². The summed E-state index contributed by atoms with van der Waals surface area (Å²) >= 11 is 1.15. The lowest BCUT2D eigenvalue weighted by atomic mass is 9.90. The largest absolute Gasteiger partial charge is 0.497 e. The first-order valence-electron chi connectivity index (χ1n) is 9.66. The van der Waals surface area contributed by atoms with Gasteiger partial charge in [0.1, 0.15) is 11.6 Å². The highest BCUT2D eigenvalue weighted by atomic mass is 32.1. The molecule has 0 saturated carbocycles. The summed E-state index contributed by atoms with van der Waals surface area (Å²) in [5.41, 5.74) is 1.52. The quantitative estimate of drug-likeness (QED) is 0.619. The second-order valence-corrected chi connectivity index (χ2v) is 8.25. The lowest BCUT2D eigenvalue weighted by Crippen LogP contribution is -2.34. The molecule has 0 fully saturated rings. The van der Waals surface area contributed by atoms with Crippen LogP contribution in [0.3, 0.4) is 0 Å². The van der Waals surface area contributed by atoms with Gasteiger partial charge >= 0.3 is 4.87 Å². The van der Waals surface area contributed by atoms with Crippen LogP contribution in [0.1, 0.15) is 22.8 Å². The number of hydrogen-bond acceptors (Lipinski definition) is 7. The molecule has 0 N–H and O–H groups in total. The van der Waals surface area contributed by atoms with Gasteiger partial charge in [-0.15, -0.1) is 0 Å². The van der Waals surface area contributed by atoms with Gasteiger partial charge in [0, 0.05) is 19.4 Å². The SMILES string of the molecule is COc1ccc(N2C(=O)C[C@H](c3cc(OC)c4c(c3)OCO4)c3sc(=O)n(C)c32)cc1. The van der Waals surface area contributed by atoms with Crippen LogP contribution in [0.4, 0.5) is 11.5 Å². The molecule has 2 aliphatic heterocycles. The third kappa shape index (κ3) is 3.04. The smallest absolute Gasteiger partial charge is 0.308 e. The molecule has 1 amide bonds. The number of aromatic nitrogens is 1. The van der Waals surface area contributed by atoms with Crippen LogP contribution in [0.25, 0.3) is 0 Å². The van der Waals surface area contributed by atoms with Crippen molar-refractivity contribution in [3.05, 3.63) is 56.5 Å². The lowest BCUT2D eigenvalue weighted by molar-refractivity contribution is -0.118. The Morgan fingerprint density at radius 1 is 1.06 bits per heavy atom. The Morgan fingerprint density at radius 2 is 1.84 bits per heavy atom. The Balaban J connectivity index is 1.64. The van der Waals surface area contributed by atoms with Crippen LogP contribution in [0.2, 0.25) is 0 Å². The normalized spacial score (nSPS) is 16.9. The predicted octanol–water partition coefficient (Wildman–Crippen LogP) is 3.39. The molecule has 3 aromatic rings. The summed E-state index contributed by atoms with van der Waals surface area (Å²) in [6.07, 6.45) is 0.210. The Morgan fingerprint density at radius 3 is 2.55 bits per heavy atom. The fourth-order valence-corrected chi connectivity index (χ4v) is 5.13. The molecule has 5 rings (SSSR count). The Bertz CT molecular complexity index is 1230. The molecule has 2 aromatic carbocycles. The number of anilines is 2. The van der Waals surface area contributed by atoms with E-state index in [1.165, 1.54) is 4.57 Å². The molecular weight excluding hydrogens is 420 g/mol. The van der Waals surface area contributed by atoms with Crippen LogP contribution >= 0.6 is 11.3 Å². The van der Waals surface area contributed by atoms with Crippen molar-refractivity contribution >= 4 is 28.7 Å². The number of hydrogen-bond donors (Lipinski definition) is 0. The van der Waals surface area contributed by atoms with Crippen molar-refractivity contribution in [2.45, 2.75) is 12.3 Å². The highest BCUT2D eigenvalue weighted by Gasteiger charge is 2.38. The predicted molar refractivity (Wildman–Crippen MR) is 115 cm³/mol. The molecule has 1 aromatic heterocycles. The third-order valence-corrected chi connectivity index (χ3v) is 6.71. The van der Waals surface area contributed by atoms with Crippen LogP contribution in [0.15, 0.2) is 41.2 Å². The van der Waals surface area contributed by atoms with Crippen molar-refractivity contribution in [1.82, 2.24) is 4.57 Å². The van der Waals surface area contributed by atoms with Gasteiger partial charge in [-0.25, -0.2) is 0 Å². The summed E-state index contributed by atoms with van der Waals surface area (Å²) < 4.78 is 23.3. The minimum absolute atomic E-state index is 0.104. The maximum Gasteiger partial charge on any atom is 0.308 e. The molecule has 31 heavy (non-hydrogen) atoms. The highest BCUT2D eigenvalue weighted by molar-refractivity contribution is 7.10. The third-order valence-electron chi connectivity index (χ3n) is 5.58. The van der Waals surface area contributed by atoms with E-state index in [1.54, 1.807) is 38.3 Å². The zero-order valence-electron chi connectivity index (χ0n) is 17.2. The topological polar surface area (TPSA) is 79.2 Å². The van der Waals surface area contributed by atoms with Gasteiger partial charge in [-0.3, -0.25) is 19.1 Å². The number of ether oxygens (including phenoxy) is 4. The van der Waals surface area contributed by atoms with Crippen molar-refractivity contribution in [1.29, 1.82) is 0 Å². The van der Waals surface area contributed by atoms with E-state index in [0.29, 0.717) is 34.5 Å². The number of thiazole rings is 1. The average molecular weight is 440 g/mol. The van der Waals surface area contributed by atoms with Gasteiger partial charge in [-0.05, 0) is 42.0 Å². The molecule has 9 heteroatoms. The van der Waals surface area contributed by atoms with E-state index in [9.17, 15) is 9.59 Å². The first-order valence-corrected chi connectivity index (χ1v) is 10.5. The van der Waals surface area contributed by atoms with Crippen molar-refractivity contribution in [2.24, 2.45) is 7.05 Å². The van der Waals surface area contributed by atoms with Gasteiger partial charge in [0.15, 0.2) is 11.5 Å². The van der Waals surface area contributed by atoms with Gasteiger partial charge in [-0.1, -0.05) is 11.3 Å². The molecule has 0 unspecified atom stereocenters. The number of benzene rings is 2. The summed E-state index contributed by atoms with van der Waals surface area (Å²) in [7, 11) is 4.83. The van der Waals surface area contributed by atoms with E-state index in [0.717, 1.165) is 21.8 Å². The molecule has 8 nitrogen and oxygen atoms in total. The summed E-state index contributed by atoms with van der Waals surface area (Å²) in [4.78, 5) is 28.3. The van der Waals surface area contributed by atoms with Crippen molar-refractivity contribution < 1.29 is 23.7 Å². The van der Waals surface area contributed by atoms with E-state index in [4.69, 9.17) is 18.9 Å². The Hall–Kier alpha value is -3.46. The number of amides is 1. The highest BCUT2D eigenvalue weighted by Crippen LogP contribution is 2.49. The van der Waals surface area contributed by atoms with Gasteiger partial charge in [0.05, 0.1) is 24.8 Å². The van der Waals surface area contributed by atoms with Crippen molar-refractivity contribution in [2.75, 3.05) is 25.9 Å².